The van der Waals surface area contributed by atoms with E-state index in [1.165, 1.54) is 12.1 Å². The molecular formula is C31H35ClF2N4O2. The summed E-state index contributed by atoms with van der Waals surface area (Å²) in [5.74, 6) is -0.199. The molecule has 0 unspecified atom stereocenters. The highest BCUT2D eigenvalue weighted by Gasteiger charge is 2.41. The number of nitrogens with zero attached hydrogens (tertiary/aromatic N) is 4. The summed E-state index contributed by atoms with van der Waals surface area (Å²) in [4.78, 5) is 22.4. The molecule has 2 fully saturated rings. The summed E-state index contributed by atoms with van der Waals surface area (Å²) in [5, 5.41) is 0.660. The SMILES string of the molecule is COc1ccccc1N1CCN(C(=O)[C@@H]2C[C@H](N(C)Cc3ccc(F)cc3F)CN2Cc2cccc(Cl)c2)CC1. The Morgan fingerprint density at radius 1 is 1.02 bits per heavy atom. The second-order valence-corrected chi connectivity index (χ2v) is 11.0. The molecule has 3 aromatic carbocycles. The van der Waals surface area contributed by atoms with Gasteiger partial charge in [-0.05, 0) is 49.4 Å². The van der Waals surface area contributed by atoms with Crippen LogP contribution in [-0.2, 0) is 17.9 Å². The molecule has 0 N–H and O–H groups in total. The van der Waals surface area contributed by atoms with Gasteiger partial charge < -0.3 is 14.5 Å². The smallest absolute Gasteiger partial charge is 0.240 e. The van der Waals surface area contributed by atoms with Gasteiger partial charge in [-0.1, -0.05) is 41.9 Å². The molecule has 2 atom stereocenters. The summed E-state index contributed by atoms with van der Waals surface area (Å²) in [6, 6.07) is 19.1. The predicted molar refractivity (Wildman–Crippen MR) is 154 cm³/mol. The van der Waals surface area contributed by atoms with E-state index in [4.69, 9.17) is 16.3 Å². The van der Waals surface area contributed by atoms with Crippen molar-refractivity contribution >= 4 is 23.2 Å². The minimum Gasteiger partial charge on any atom is -0.495 e. The first-order chi connectivity index (χ1) is 19.3. The Hall–Kier alpha value is -3.20. The van der Waals surface area contributed by atoms with Gasteiger partial charge in [-0.3, -0.25) is 14.6 Å². The van der Waals surface area contributed by atoms with E-state index < -0.39 is 11.6 Å². The second kappa shape index (κ2) is 12.5. The number of carbonyl (C=O) groups excluding carboxylic acids is 1. The molecule has 2 aliphatic heterocycles. The van der Waals surface area contributed by atoms with Gasteiger partial charge in [0.15, 0.2) is 0 Å². The average molecular weight is 569 g/mol. The van der Waals surface area contributed by atoms with Crippen molar-refractivity contribution in [1.82, 2.24) is 14.7 Å². The number of likely N-dealkylation sites (tertiary alicyclic amines) is 1. The van der Waals surface area contributed by atoms with Crippen molar-refractivity contribution in [3.05, 3.63) is 94.5 Å². The van der Waals surface area contributed by atoms with Gasteiger partial charge in [0.1, 0.15) is 17.4 Å². The molecule has 0 aliphatic carbocycles. The van der Waals surface area contributed by atoms with Gasteiger partial charge in [-0.15, -0.1) is 0 Å². The highest BCUT2D eigenvalue weighted by Crippen LogP contribution is 2.30. The molecule has 2 aliphatic rings. The number of amides is 1. The molecule has 0 radical (unpaired) electrons. The normalized spacial score (nSPS) is 19.9. The molecule has 5 rings (SSSR count). The van der Waals surface area contributed by atoms with E-state index in [1.807, 2.05) is 60.5 Å². The van der Waals surface area contributed by atoms with Gasteiger partial charge in [0, 0.05) is 68.5 Å². The van der Waals surface area contributed by atoms with Crippen LogP contribution in [0.25, 0.3) is 0 Å². The molecule has 3 aromatic rings. The van der Waals surface area contributed by atoms with Crippen LogP contribution in [0.2, 0.25) is 5.02 Å². The molecule has 6 nitrogen and oxygen atoms in total. The number of para-hydroxylation sites is 2. The van der Waals surface area contributed by atoms with Gasteiger partial charge in [0.05, 0.1) is 18.8 Å². The number of methoxy groups -OCH3 is 1. The minimum absolute atomic E-state index is 0.0347. The lowest BCUT2D eigenvalue weighted by Gasteiger charge is -2.38. The van der Waals surface area contributed by atoms with E-state index in [-0.39, 0.29) is 18.0 Å². The summed E-state index contributed by atoms with van der Waals surface area (Å²) in [6.45, 7) is 4.27. The van der Waals surface area contributed by atoms with Crippen LogP contribution < -0.4 is 9.64 Å². The molecule has 9 heteroatoms. The summed E-state index contributed by atoms with van der Waals surface area (Å²) < 4.78 is 33.4. The number of ether oxygens (including phenoxy) is 1. The van der Waals surface area contributed by atoms with Crippen molar-refractivity contribution < 1.29 is 18.3 Å². The number of hydrogen-bond acceptors (Lipinski definition) is 5. The first kappa shape index (κ1) is 28.3. The summed E-state index contributed by atoms with van der Waals surface area (Å²) in [6.07, 6.45) is 0.630. The standard InChI is InChI=1S/C31H35ClF2N4O2/c1-35(20-23-10-11-25(33)17-27(23)34)26-18-29(38(21-26)19-22-6-5-7-24(32)16-22)31(39)37-14-12-36(13-15-37)28-8-3-4-9-30(28)40-2/h3-11,16-17,26,29H,12-15,18-21H2,1-2H3/t26-,29-/m0/s1. The lowest BCUT2D eigenvalue weighted by atomic mass is 10.1. The molecule has 0 saturated carbocycles. The first-order valence-electron chi connectivity index (χ1n) is 13.6. The minimum atomic E-state index is -0.589. The van der Waals surface area contributed by atoms with Crippen molar-refractivity contribution in [3.8, 4) is 5.75 Å². The number of halogens is 3. The van der Waals surface area contributed by atoms with Crippen LogP contribution in [0.1, 0.15) is 17.5 Å². The van der Waals surface area contributed by atoms with Crippen LogP contribution >= 0.6 is 11.6 Å². The highest BCUT2D eigenvalue weighted by atomic mass is 35.5. The zero-order valence-corrected chi connectivity index (χ0v) is 23.7. The third-order valence-electron chi connectivity index (χ3n) is 8.02. The Morgan fingerprint density at radius 3 is 2.52 bits per heavy atom. The molecule has 2 saturated heterocycles. The molecule has 212 valence electrons. The maximum atomic E-state index is 14.4. The highest BCUT2D eigenvalue weighted by molar-refractivity contribution is 6.30. The number of rotatable bonds is 8. The number of anilines is 1. The number of likely N-dealkylation sites (N-methyl/N-ethyl adjacent to an activating group) is 1. The average Bonchev–Trinajstić information content (AvgIpc) is 3.38. The molecule has 0 spiro atoms. The van der Waals surface area contributed by atoms with Crippen LogP contribution in [0.3, 0.4) is 0 Å². The van der Waals surface area contributed by atoms with Crippen molar-refractivity contribution in [2.45, 2.75) is 31.6 Å². The first-order valence-corrected chi connectivity index (χ1v) is 14.0. The lowest BCUT2D eigenvalue weighted by Crippen LogP contribution is -2.53. The van der Waals surface area contributed by atoms with Gasteiger partial charge in [0.25, 0.3) is 0 Å². The Bertz CT molecular complexity index is 1330. The van der Waals surface area contributed by atoms with Gasteiger partial charge in [-0.25, -0.2) is 8.78 Å². The fourth-order valence-corrected chi connectivity index (χ4v) is 6.03. The number of carbonyl (C=O) groups is 1. The number of benzene rings is 3. The van der Waals surface area contributed by atoms with Crippen molar-refractivity contribution in [1.29, 1.82) is 0 Å². The Labute approximate surface area is 239 Å². The zero-order chi connectivity index (χ0) is 28.2. The van der Waals surface area contributed by atoms with Crippen molar-refractivity contribution in [2.75, 3.05) is 51.8 Å². The van der Waals surface area contributed by atoms with Crippen molar-refractivity contribution in [3.63, 3.8) is 0 Å². The fourth-order valence-electron chi connectivity index (χ4n) is 5.82. The third kappa shape index (κ3) is 6.40. The Kier molecular flexibility index (Phi) is 8.88. The molecule has 40 heavy (non-hydrogen) atoms. The van der Waals surface area contributed by atoms with Crippen LogP contribution in [-0.4, -0.2) is 79.6 Å². The van der Waals surface area contributed by atoms with Gasteiger partial charge >= 0.3 is 0 Å². The topological polar surface area (TPSA) is 39.3 Å². The Balaban J connectivity index is 1.29. The van der Waals surface area contributed by atoms with E-state index in [0.29, 0.717) is 49.7 Å². The van der Waals surface area contributed by atoms with Crippen LogP contribution in [0.4, 0.5) is 14.5 Å². The molecule has 1 amide bonds. The predicted octanol–water partition coefficient (Wildman–Crippen LogP) is 5.05. The number of piperazine rings is 1. The maximum Gasteiger partial charge on any atom is 0.240 e. The van der Waals surface area contributed by atoms with E-state index in [1.54, 1.807) is 7.11 Å². The van der Waals surface area contributed by atoms with E-state index in [0.717, 1.165) is 36.2 Å². The second-order valence-electron chi connectivity index (χ2n) is 10.6. The monoisotopic (exact) mass is 568 g/mol. The maximum absolute atomic E-state index is 14.4. The zero-order valence-electron chi connectivity index (χ0n) is 22.9. The van der Waals surface area contributed by atoms with Crippen molar-refractivity contribution in [2.24, 2.45) is 0 Å². The fraction of sp³-hybridized carbons (Fsp3) is 0.387. The number of hydrogen-bond donors (Lipinski definition) is 0. The van der Waals surface area contributed by atoms with Crippen LogP contribution in [0.15, 0.2) is 66.7 Å². The van der Waals surface area contributed by atoms with Gasteiger partial charge in [-0.2, -0.15) is 0 Å². The lowest BCUT2D eigenvalue weighted by molar-refractivity contribution is -0.136. The van der Waals surface area contributed by atoms with Crippen LogP contribution in [0, 0.1) is 11.6 Å². The summed E-state index contributed by atoms with van der Waals surface area (Å²) >= 11 is 6.25. The quantitative estimate of drug-likeness (QED) is 0.380. The van der Waals surface area contributed by atoms with Crippen LogP contribution in [0.5, 0.6) is 5.75 Å². The summed E-state index contributed by atoms with van der Waals surface area (Å²) in [7, 11) is 3.61. The molecule has 0 aromatic heterocycles. The molecule has 2 heterocycles. The largest absolute Gasteiger partial charge is 0.495 e. The van der Waals surface area contributed by atoms with Gasteiger partial charge in [0.2, 0.25) is 5.91 Å². The molecular weight excluding hydrogens is 534 g/mol. The van der Waals surface area contributed by atoms with E-state index in [2.05, 4.69) is 14.7 Å². The Morgan fingerprint density at radius 2 is 1.80 bits per heavy atom. The molecule has 0 bridgehead atoms. The third-order valence-corrected chi connectivity index (χ3v) is 8.25. The van der Waals surface area contributed by atoms with E-state index >= 15 is 0 Å². The van der Waals surface area contributed by atoms with E-state index in [9.17, 15) is 13.6 Å². The summed E-state index contributed by atoms with van der Waals surface area (Å²) in [5.41, 5.74) is 2.52.